The maximum Gasteiger partial charge on any atom is 0.127 e. The molecule has 0 aromatic heterocycles. The fourth-order valence-corrected chi connectivity index (χ4v) is 2.65. The summed E-state index contributed by atoms with van der Waals surface area (Å²) < 4.78 is 5.41. The second-order valence-electron chi connectivity index (χ2n) is 4.72. The van der Waals surface area contributed by atoms with Gasteiger partial charge >= 0.3 is 0 Å². The normalized spacial score (nSPS) is 16.2. The maximum absolute atomic E-state index is 10.2. The number of piperazine rings is 1. The molecular formula is C15H24Cl2N2O2. The molecule has 1 saturated heterocycles. The Bertz CT molecular complexity index is 438. The van der Waals surface area contributed by atoms with E-state index in [9.17, 15) is 5.11 Å². The Morgan fingerprint density at radius 2 is 2.05 bits per heavy atom. The monoisotopic (exact) mass is 334 g/mol. The molecule has 21 heavy (non-hydrogen) atoms. The quantitative estimate of drug-likeness (QED) is 0.813. The lowest BCUT2D eigenvalue weighted by atomic mass is 9.99. The van der Waals surface area contributed by atoms with Gasteiger partial charge in [-0.1, -0.05) is 12.1 Å². The summed E-state index contributed by atoms with van der Waals surface area (Å²) in [5.74, 6) is 1.04. The van der Waals surface area contributed by atoms with Crippen LogP contribution in [0.3, 0.4) is 0 Å². The third kappa shape index (κ3) is 4.78. The van der Waals surface area contributed by atoms with Crippen molar-refractivity contribution in [3.63, 3.8) is 0 Å². The number of nitrogens with zero attached hydrogens (tertiary/aromatic N) is 1. The number of benzene rings is 1. The molecule has 0 aliphatic carbocycles. The standard InChI is InChI=1S/C15H22N2O2.2ClH/c1-3-5-12(17-10-8-16-9-11-17)15-13(18)6-4-7-14(15)19-2;;/h3-4,6-7,12,16,18H,1,5,8-11H2,2H3;2*1H/t12-;;/m1../s1. The number of ether oxygens (including phenoxy) is 1. The minimum atomic E-state index is 0. The van der Waals surface area contributed by atoms with Crippen molar-refractivity contribution < 1.29 is 9.84 Å². The van der Waals surface area contributed by atoms with Gasteiger partial charge in [-0.3, -0.25) is 4.90 Å². The first-order chi connectivity index (χ1) is 9.27. The number of phenols is 1. The van der Waals surface area contributed by atoms with E-state index < -0.39 is 0 Å². The van der Waals surface area contributed by atoms with Crippen molar-refractivity contribution in [3.05, 3.63) is 36.4 Å². The van der Waals surface area contributed by atoms with Crippen LogP contribution in [0.15, 0.2) is 30.9 Å². The van der Waals surface area contributed by atoms with Gasteiger partial charge in [0, 0.05) is 32.2 Å². The van der Waals surface area contributed by atoms with Gasteiger partial charge in [-0.05, 0) is 18.6 Å². The van der Waals surface area contributed by atoms with Gasteiger partial charge in [-0.25, -0.2) is 0 Å². The van der Waals surface area contributed by atoms with Crippen molar-refractivity contribution >= 4 is 24.8 Å². The van der Waals surface area contributed by atoms with E-state index in [0.717, 1.165) is 43.9 Å². The average molecular weight is 335 g/mol. The topological polar surface area (TPSA) is 44.7 Å². The summed E-state index contributed by atoms with van der Waals surface area (Å²) in [5, 5.41) is 13.5. The van der Waals surface area contributed by atoms with Gasteiger partial charge in [0.05, 0.1) is 12.7 Å². The van der Waals surface area contributed by atoms with Crippen molar-refractivity contribution in [1.29, 1.82) is 0 Å². The Morgan fingerprint density at radius 1 is 1.38 bits per heavy atom. The summed E-state index contributed by atoms with van der Waals surface area (Å²) in [4.78, 5) is 2.37. The molecule has 0 unspecified atom stereocenters. The van der Waals surface area contributed by atoms with Crippen LogP contribution in [0.1, 0.15) is 18.0 Å². The van der Waals surface area contributed by atoms with Crippen molar-refractivity contribution in [1.82, 2.24) is 10.2 Å². The lowest BCUT2D eigenvalue weighted by molar-refractivity contribution is 0.169. The van der Waals surface area contributed by atoms with E-state index in [4.69, 9.17) is 4.74 Å². The summed E-state index contributed by atoms with van der Waals surface area (Å²) in [6.07, 6.45) is 2.70. The number of methoxy groups -OCH3 is 1. The highest BCUT2D eigenvalue weighted by Gasteiger charge is 2.26. The second kappa shape index (κ2) is 9.90. The van der Waals surface area contributed by atoms with Crippen LogP contribution >= 0.6 is 24.8 Å². The molecule has 2 rings (SSSR count). The first-order valence-corrected chi connectivity index (χ1v) is 6.69. The molecule has 1 aliphatic rings. The molecule has 4 nitrogen and oxygen atoms in total. The summed E-state index contributed by atoms with van der Waals surface area (Å²) in [6, 6.07) is 5.54. The van der Waals surface area contributed by atoms with Crippen LogP contribution in [0.2, 0.25) is 0 Å². The molecule has 2 N–H and O–H groups in total. The summed E-state index contributed by atoms with van der Waals surface area (Å²) in [7, 11) is 1.64. The predicted molar refractivity (Wildman–Crippen MR) is 91.2 cm³/mol. The van der Waals surface area contributed by atoms with Crippen molar-refractivity contribution in [2.45, 2.75) is 12.5 Å². The molecule has 1 atom stereocenters. The summed E-state index contributed by atoms with van der Waals surface area (Å²) in [6.45, 7) is 7.73. The first-order valence-electron chi connectivity index (χ1n) is 6.69. The van der Waals surface area contributed by atoms with Crippen LogP contribution in [-0.2, 0) is 0 Å². The van der Waals surface area contributed by atoms with E-state index in [1.54, 1.807) is 19.2 Å². The SMILES string of the molecule is C=CC[C@H](c1c(O)cccc1OC)N1CCNCC1.Cl.Cl. The van der Waals surface area contributed by atoms with E-state index >= 15 is 0 Å². The number of halogens is 2. The van der Waals surface area contributed by atoms with E-state index in [-0.39, 0.29) is 30.9 Å². The molecule has 0 radical (unpaired) electrons. The molecule has 0 amide bonds. The van der Waals surface area contributed by atoms with Gasteiger partial charge in [-0.2, -0.15) is 0 Å². The Morgan fingerprint density at radius 3 is 2.62 bits per heavy atom. The van der Waals surface area contributed by atoms with Crippen molar-refractivity contribution in [2.75, 3.05) is 33.3 Å². The number of hydrogen-bond acceptors (Lipinski definition) is 4. The highest BCUT2D eigenvalue weighted by atomic mass is 35.5. The fraction of sp³-hybridized carbons (Fsp3) is 0.467. The minimum Gasteiger partial charge on any atom is -0.507 e. The van der Waals surface area contributed by atoms with E-state index in [0.29, 0.717) is 5.75 Å². The average Bonchev–Trinajstić information content (AvgIpc) is 2.46. The van der Waals surface area contributed by atoms with Crippen LogP contribution in [0.25, 0.3) is 0 Å². The van der Waals surface area contributed by atoms with Crippen LogP contribution in [0.5, 0.6) is 11.5 Å². The van der Waals surface area contributed by atoms with Gasteiger partial charge < -0.3 is 15.2 Å². The number of hydrogen-bond donors (Lipinski definition) is 2. The first kappa shape index (κ1) is 20.1. The van der Waals surface area contributed by atoms with E-state index in [1.807, 2.05) is 12.1 Å². The molecular weight excluding hydrogens is 311 g/mol. The van der Waals surface area contributed by atoms with Crippen LogP contribution in [0, 0.1) is 0 Å². The van der Waals surface area contributed by atoms with E-state index in [2.05, 4.69) is 16.8 Å². The predicted octanol–water partition coefficient (Wildman–Crippen LogP) is 2.77. The number of aromatic hydroxyl groups is 1. The second-order valence-corrected chi connectivity index (χ2v) is 4.72. The fourth-order valence-electron chi connectivity index (χ4n) is 2.65. The van der Waals surface area contributed by atoms with Crippen molar-refractivity contribution in [3.8, 4) is 11.5 Å². The molecule has 120 valence electrons. The smallest absolute Gasteiger partial charge is 0.127 e. The Balaban J connectivity index is 0.00000200. The van der Waals surface area contributed by atoms with Gasteiger partial charge in [0.15, 0.2) is 0 Å². The lowest BCUT2D eigenvalue weighted by Crippen LogP contribution is -2.45. The van der Waals surface area contributed by atoms with Crippen LogP contribution in [-0.4, -0.2) is 43.3 Å². The summed E-state index contributed by atoms with van der Waals surface area (Å²) >= 11 is 0. The zero-order valence-corrected chi connectivity index (χ0v) is 13.9. The van der Waals surface area contributed by atoms with Gasteiger partial charge in [0.2, 0.25) is 0 Å². The van der Waals surface area contributed by atoms with Crippen LogP contribution in [0.4, 0.5) is 0 Å². The lowest BCUT2D eigenvalue weighted by Gasteiger charge is -2.35. The van der Waals surface area contributed by atoms with Crippen LogP contribution < -0.4 is 10.1 Å². The van der Waals surface area contributed by atoms with Gasteiger partial charge in [0.1, 0.15) is 11.5 Å². The molecule has 1 fully saturated rings. The van der Waals surface area contributed by atoms with Crippen molar-refractivity contribution in [2.24, 2.45) is 0 Å². The Hall–Kier alpha value is -0.940. The Labute approximate surface area is 139 Å². The zero-order chi connectivity index (χ0) is 13.7. The molecule has 0 bridgehead atoms. The molecule has 1 aromatic carbocycles. The number of nitrogens with one attached hydrogen (secondary N) is 1. The highest BCUT2D eigenvalue weighted by Crippen LogP contribution is 2.38. The largest absolute Gasteiger partial charge is 0.507 e. The number of phenolic OH excluding ortho intramolecular Hbond substituents is 1. The third-order valence-electron chi connectivity index (χ3n) is 3.58. The molecule has 1 heterocycles. The van der Waals surface area contributed by atoms with Gasteiger partial charge in [0.25, 0.3) is 0 Å². The molecule has 0 saturated carbocycles. The Kier molecular flexibility index (Phi) is 9.46. The summed E-state index contributed by atoms with van der Waals surface area (Å²) in [5.41, 5.74) is 0.867. The third-order valence-corrected chi connectivity index (χ3v) is 3.58. The maximum atomic E-state index is 10.2. The molecule has 1 aliphatic heterocycles. The minimum absolute atomic E-state index is 0. The zero-order valence-electron chi connectivity index (χ0n) is 12.2. The molecule has 1 aromatic rings. The molecule has 6 heteroatoms. The van der Waals surface area contributed by atoms with Gasteiger partial charge in [-0.15, -0.1) is 31.4 Å². The highest BCUT2D eigenvalue weighted by molar-refractivity contribution is 5.85. The molecule has 0 spiro atoms. The number of rotatable bonds is 5. The van der Waals surface area contributed by atoms with E-state index in [1.165, 1.54) is 0 Å².